The summed E-state index contributed by atoms with van der Waals surface area (Å²) in [4.78, 5) is 38.8. The Morgan fingerprint density at radius 2 is 1.94 bits per heavy atom. The highest BCUT2D eigenvalue weighted by molar-refractivity contribution is 6.76. The molecule has 168 valence electrons. The van der Waals surface area contributed by atoms with Crippen molar-refractivity contribution in [2.75, 3.05) is 18.4 Å². The third kappa shape index (κ3) is 6.52. The number of rotatable bonds is 10. The fraction of sp³-hybridized carbons (Fsp3) is 0.455. The molecule has 0 bridgehead atoms. The largest absolute Gasteiger partial charge is 0.376 e. The molecule has 1 aromatic carbocycles. The van der Waals surface area contributed by atoms with E-state index in [0.717, 1.165) is 6.04 Å². The Morgan fingerprint density at radius 1 is 1.26 bits per heavy atom. The second kappa shape index (κ2) is 10.4. The van der Waals surface area contributed by atoms with Crippen LogP contribution in [0.4, 0.5) is 5.69 Å². The van der Waals surface area contributed by atoms with Gasteiger partial charge in [0.2, 0.25) is 11.8 Å². The molecule has 31 heavy (non-hydrogen) atoms. The standard InChI is InChI=1S/C22H33N5O3Si/c1-5-15-10-11-18(22(30)25-12-13-31(2,3)4)27(15)19(28)14-26-17-9-7-6-8-16(17)20(23)21(24)29/h5-9,15,18,23,26H,1,10-14H2,2-4H3,(H2,24,29)(H,25,30). The number of hydrogen-bond donors (Lipinski definition) is 4. The molecule has 2 unspecified atom stereocenters. The Kier molecular flexibility index (Phi) is 8.15. The summed E-state index contributed by atoms with van der Waals surface area (Å²) >= 11 is 0. The third-order valence-corrected chi connectivity index (χ3v) is 7.09. The average Bonchev–Trinajstić information content (AvgIpc) is 3.15. The van der Waals surface area contributed by atoms with Crippen molar-refractivity contribution in [3.8, 4) is 0 Å². The van der Waals surface area contributed by atoms with Gasteiger partial charge in [-0.3, -0.25) is 19.8 Å². The zero-order chi connectivity index (χ0) is 23.2. The Labute approximate surface area is 184 Å². The van der Waals surface area contributed by atoms with Crippen molar-refractivity contribution in [1.82, 2.24) is 10.2 Å². The van der Waals surface area contributed by atoms with Gasteiger partial charge < -0.3 is 21.3 Å². The van der Waals surface area contributed by atoms with Crippen molar-refractivity contribution in [2.45, 2.75) is 50.6 Å². The van der Waals surface area contributed by atoms with Crippen LogP contribution in [-0.4, -0.2) is 61.6 Å². The van der Waals surface area contributed by atoms with Crippen molar-refractivity contribution in [1.29, 1.82) is 5.41 Å². The molecule has 2 rings (SSSR count). The predicted octanol–water partition coefficient (Wildman–Crippen LogP) is 1.95. The average molecular weight is 444 g/mol. The highest BCUT2D eigenvalue weighted by Gasteiger charge is 2.39. The van der Waals surface area contributed by atoms with E-state index in [1.807, 2.05) is 0 Å². The van der Waals surface area contributed by atoms with Crippen LogP contribution in [0.5, 0.6) is 0 Å². The molecule has 0 aromatic heterocycles. The van der Waals surface area contributed by atoms with Crippen LogP contribution in [0.2, 0.25) is 25.7 Å². The fourth-order valence-corrected chi connectivity index (χ4v) is 4.49. The number of amides is 3. The summed E-state index contributed by atoms with van der Waals surface area (Å²) in [5.74, 6) is -1.22. The molecule has 1 fully saturated rings. The molecule has 2 atom stereocenters. The number of likely N-dealkylation sites (tertiary alicyclic amines) is 1. The molecule has 1 saturated heterocycles. The van der Waals surface area contributed by atoms with E-state index in [9.17, 15) is 14.4 Å². The predicted molar refractivity (Wildman–Crippen MR) is 126 cm³/mol. The number of hydrogen-bond acceptors (Lipinski definition) is 5. The zero-order valence-corrected chi connectivity index (χ0v) is 19.5. The highest BCUT2D eigenvalue weighted by Crippen LogP contribution is 2.26. The lowest BCUT2D eigenvalue weighted by atomic mass is 10.1. The van der Waals surface area contributed by atoms with Gasteiger partial charge in [-0.2, -0.15) is 0 Å². The van der Waals surface area contributed by atoms with E-state index in [1.165, 1.54) is 0 Å². The maximum Gasteiger partial charge on any atom is 0.267 e. The van der Waals surface area contributed by atoms with Crippen LogP contribution in [0.25, 0.3) is 0 Å². The molecule has 8 nitrogen and oxygen atoms in total. The highest BCUT2D eigenvalue weighted by atomic mass is 28.3. The van der Waals surface area contributed by atoms with Crippen LogP contribution in [-0.2, 0) is 14.4 Å². The van der Waals surface area contributed by atoms with Gasteiger partial charge in [-0.1, -0.05) is 43.9 Å². The van der Waals surface area contributed by atoms with E-state index in [0.29, 0.717) is 30.6 Å². The molecule has 0 saturated carbocycles. The smallest absolute Gasteiger partial charge is 0.267 e. The van der Waals surface area contributed by atoms with Gasteiger partial charge in [-0.05, 0) is 25.0 Å². The van der Waals surface area contributed by atoms with Crippen molar-refractivity contribution in [3.05, 3.63) is 42.5 Å². The SMILES string of the molecule is C=CC1CCC(C(=O)NCC[Si](C)(C)C)N1C(=O)CNc1ccccc1C(=N)C(N)=O. The number of benzene rings is 1. The van der Waals surface area contributed by atoms with Gasteiger partial charge >= 0.3 is 0 Å². The van der Waals surface area contributed by atoms with E-state index < -0.39 is 20.0 Å². The lowest BCUT2D eigenvalue weighted by Crippen LogP contribution is -2.50. The van der Waals surface area contributed by atoms with E-state index in [-0.39, 0.29) is 30.1 Å². The Bertz CT molecular complexity index is 865. The summed E-state index contributed by atoms with van der Waals surface area (Å²) in [6.07, 6.45) is 2.97. The summed E-state index contributed by atoms with van der Waals surface area (Å²) < 4.78 is 0. The first-order valence-corrected chi connectivity index (χ1v) is 14.2. The topological polar surface area (TPSA) is 128 Å². The van der Waals surface area contributed by atoms with E-state index >= 15 is 0 Å². The molecule has 0 spiro atoms. The number of para-hydroxylation sites is 1. The number of nitrogens with zero attached hydrogens (tertiary/aromatic N) is 1. The van der Waals surface area contributed by atoms with Crippen LogP contribution in [0.1, 0.15) is 18.4 Å². The number of primary amides is 1. The van der Waals surface area contributed by atoms with Gasteiger partial charge in [0.15, 0.2) is 0 Å². The Balaban J connectivity index is 2.08. The molecule has 3 amide bonds. The van der Waals surface area contributed by atoms with E-state index in [4.69, 9.17) is 11.1 Å². The lowest BCUT2D eigenvalue weighted by Gasteiger charge is -2.29. The molecular formula is C22H33N5O3Si. The molecule has 0 aliphatic carbocycles. The number of nitrogens with two attached hydrogens (primary N) is 1. The molecule has 5 N–H and O–H groups in total. The lowest BCUT2D eigenvalue weighted by molar-refractivity contribution is -0.138. The number of nitrogens with one attached hydrogen (secondary N) is 3. The van der Waals surface area contributed by atoms with E-state index in [1.54, 1.807) is 35.2 Å². The summed E-state index contributed by atoms with van der Waals surface area (Å²) in [5, 5.41) is 13.8. The molecule has 1 aliphatic rings. The van der Waals surface area contributed by atoms with Gasteiger partial charge in [0.05, 0.1) is 12.6 Å². The molecule has 1 heterocycles. The molecule has 1 aliphatic heterocycles. The first-order chi connectivity index (χ1) is 14.5. The van der Waals surface area contributed by atoms with Gasteiger partial charge in [-0.15, -0.1) is 6.58 Å². The first kappa shape index (κ1) is 24.3. The summed E-state index contributed by atoms with van der Waals surface area (Å²) in [6, 6.07) is 6.94. The Hall–Kier alpha value is -2.94. The minimum atomic E-state index is -1.27. The van der Waals surface area contributed by atoms with E-state index in [2.05, 4.69) is 36.9 Å². The minimum Gasteiger partial charge on any atom is -0.376 e. The van der Waals surface area contributed by atoms with Crippen LogP contribution >= 0.6 is 0 Å². The minimum absolute atomic E-state index is 0.0773. The third-order valence-electron chi connectivity index (χ3n) is 5.34. The van der Waals surface area contributed by atoms with Crippen LogP contribution in [0, 0.1) is 5.41 Å². The second-order valence-electron chi connectivity index (χ2n) is 8.94. The number of carbonyl (C=O) groups excluding carboxylic acids is 3. The quantitative estimate of drug-likeness (QED) is 0.250. The maximum atomic E-state index is 13.0. The van der Waals surface area contributed by atoms with Crippen LogP contribution in [0.3, 0.4) is 0 Å². The first-order valence-electron chi connectivity index (χ1n) is 10.5. The van der Waals surface area contributed by atoms with Gasteiger partial charge in [0.25, 0.3) is 5.91 Å². The van der Waals surface area contributed by atoms with Gasteiger partial charge in [0, 0.05) is 25.9 Å². The van der Waals surface area contributed by atoms with Crippen molar-refractivity contribution in [2.24, 2.45) is 5.73 Å². The van der Waals surface area contributed by atoms with Crippen molar-refractivity contribution < 1.29 is 14.4 Å². The van der Waals surface area contributed by atoms with Crippen LogP contribution < -0.4 is 16.4 Å². The second-order valence-corrected chi connectivity index (χ2v) is 14.6. The van der Waals surface area contributed by atoms with Crippen molar-refractivity contribution in [3.63, 3.8) is 0 Å². The summed E-state index contributed by atoms with van der Waals surface area (Å²) in [6.45, 7) is 11.1. The van der Waals surface area contributed by atoms with Crippen molar-refractivity contribution >= 4 is 37.2 Å². The summed E-state index contributed by atoms with van der Waals surface area (Å²) in [7, 11) is -1.27. The monoisotopic (exact) mass is 443 g/mol. The molecule has 9 heteroatoms. The molecule has 0 radical (unpaired) electrons. The Morgan fingerprint density at radius 3 is 2.55 bits per heavy atom. The number of anilines is 1. The maximum absolute atomic E-state index is 13.0. The summed E-state index contributed by atoms with van der Waals surface area (Å²) in [5.41, 5.74) is 5.68. The molecular weight excluding hydrogens is 410 g/mol. The van der Waals surface area contributed by atoms with Gasteiger partial charge in [0.1, 0.15) is 11.8 Å². The number of carbonyl (C=O) groups is 3. The fourth-order valence-electron chi connectivity index (χ4n) is 3.61. The molecule has 1 aromatic rings. The van der Waals surface area contributed by atoms with Crippen LogP contribution in [0.15, 0.2) is 36.9 Å². The zero-order valence-electron chi connectivity index (χ0n) is 18.5. The normalized spacial score (nSPS) is 18.4. The van der Waals surface area contributed by atoms with Gasteiger partial charge in [-0.25, -0.2) is 0 Å².